The van der Waals surface area contributed by atoms with Gasteiger partial charge in [0, 0.05) is 43.9 Å². The number of rotatable bonds is 5. The molecule has 1 atom stereocenters. The molecular weight excluding hydrogens is 360 g/mol. The monoisotopic (exact) mass is 381 g/mol. The molecule has 1 aromatic carbocycles. The van der Waals surface area contributed by atoms with Crippen molar-refractivity contribution in [3.05, 3.63) is 33.6 Å². The van der Waals surface area contributed by atoms with Gasteiger partial charge < -0.3 is 10.4 Å². The molecule has 1 aromatic rings. The van der Waals surface area contributed by atoms with Crippen LogP contribution in [0.3, 0.4) is 0 Å². The number of phenolic OH excluding ortho intramolecular Hbond substituents is 1. The Hall–Kier alpha value is -1.15. The predicted molar refractivity (Wildman–Crippen MR) is 93.7 cm³/mol. The quantitative estimate of drug-likeness (QED) is 0.605. The molecule has 0 amide bonds. The number of hydrogen-bond donors (Lipinski definition) is 2. The standard InChI is InChI=1S/C15H20FN3O3.2ClH/c16-13-9-11(19(21)22)8-12(15(13)20)14(7-10-1-2-10)18-5-3-17-4-6-18;;/h8-10,14,17,20H,1-7H2;2*1H/t14-;;/m1../s1. The number of phenols is 1. The van der Waals surface area contributed by atoms with Crippen molar-refractivity contribution in [2.24, 2.45) is 5.92 Å². The highest BCUT2D eigenvalue weighted by Gasteiger charge is 2.33. The Kier molecular flexibility index (Phi) is 7.66. The minimum Gasteiger partial charge on any atom is -0.505 e. The summed E-state index contributed by atoms with van der Waals surface area (Å²) in [4.78, 5) is 12.6. The second-order valence-corrected chi connectivity index (χ2v) is 6.10. The third kappa shape index (κ3) is 4.69. The van der Waals surface area contributed by atoms with Crippen LogP contribution in [-0.4, -0.2) is 41.1 Å². The number of nitro groups is 1. The number of halogens is 3. The summed E-state index contributed by atoms with van der Waals surface area (Å²) in [5.74, 6) is -0.795. The van der Waals surface area contributed by atoms with Crippen LogP contribution in [0.5, 0.6) is 5.75 Å². The lowest BCUT2D eigenvalue weighted by atomic mass is 9.97. The zero-order chi connectivity index (χ0) is 15.7. The Morgan fingerprint density at radius 1 is 1.33 bits per heavy atom. The fraction of sp³-hybridized carbons (Fsp3) is 0.600. The normalized spacial score (nSPS) is 19.0. The van der Waals surface area contributed by atoms with Crippen molar-refractivity contribution in [1.82, 2.24) is 10.2 Å². The van der Waals surface area contributed by atoms with E-state index in [2.05, 4.69) is 10.2 Å². The van der Waals surface area contributed by atoms with Crippen molar-refractivity contribution in [1.29, 1.82) is 0 Å². The number of non-ortho nitro benzene ring substituents is 1. The summed E-state index contributed by atoms with van der Waals surface area (Å²) in [5.41, 5.74) is 0.0433. The van der Waals surface area contributed by atoms with Crippen LogP contribution in [0.4, 0.5) is 10.1 Å². The zero-order valence-electron chi connectivity index (χ0n) is 13.1. The molecule has 0 spiro atoms. The molecule has 0 bridgehead atoms. The van der Waals surface area contributed by atoms with E-state index in [1.165, 1.54) is 6.07 Å². The molecular formula is C15H22Cl2FN3O3. The number of piperazine rings is 1. The Morgan fingerprint density at radius 3 is 2.50 bits per heavy atom. The first-order valence-electron chi connectivity index (χ1n) is 7.68. The highest BCUT2D eigenvalue weighted by atomic mass is 35.5. The zero-order valence-corrected chi connectivity index (χ0v) is 14.7. The molecule has 2 aliphatic rings. The maximum Gasteiger partial charge on any atom is 0.272 e. The summed E-state index contributed by atoms with van der Waals surface area (Å²) in [6.45, 7) is 3.25. The summed E-state index contributed by atoms with van der Waals surface area (Å²) < 4.78 is 13.9. The van der Waals surface area contributed by atoms with E-state index < -0.39 is 16.5 Å². The minimum absolute atomic E-state index is 0. The summed E-state index contributed by atoms with van der Waals surface area (Å²) >= 11 is 0. The van der Waals surface area contributed by atoms with E-state index in [-0.39, 0.29) is 36.5 Å². The van der Waals surface area contributed by atoms with Gasteiger partial charge in [0.25, 0.3) is 5.69 Å². The van der Waals surface area contributed by atoms with Gasteiger partial charge in [0.2, 0.25) is 0 Å². The van der Waals surface area contributed by atoms with Gasteiger partial charge in [0.05, 0.1) is 11.0 Å². The van der Waals surface area contributed by atoms with E-state index in [1.54, 1.807) is 0 Å². The minimum atomic E-state index is -0.917. The van der Waals surface area contributed by atoms with Crippen LogP contribution >= 0.6 is 24.8 Å². The van der Waals surface area contributed by atoms with E-state index in [0.717, 1.165) is 51.5 Å². The maximum absolute atomic E-state index is 13.9. The molecule has 6 nitrogen and oxygen atoms in total. The number of nitro benzene ring substituents is 1. The molecule has 0 unspecified atom stereocenters. The predicted octanol–water partition coefficient (Wildman–Crippen LogP) is 3.03. The average molecular weight is 382 g/mol. The fourth-order valence-corrected chi connectivity index (χ4v) is 3.10. The summed E-state index contributed by atoms with van der Waals surface area (Å²) in [6.07, 6.45) is 3.09. The Morgan fingerprint density at radius 2 is 1.96 bits per heavy atom. The third-order valence-corrected chi connectivity index (χ3v) is 4.49. The van der Waals surface area contributed by atoms with Crippen molar-refractivity contribution in [3.8, 4) is 5.75 Å². The van der Waals surface area contributed by atoms with Gasteiger partial charge in [-0.15, -0.1) is 24.8 Å². The first-order valence-corrected chi connectivity index (χ1v) is 7.68. The number of benzene rings is 1. The molecule has 9 heteroatoms. The van der Waals surface area contributed by atoms with Crippen LogP contribution in [0.25, 0.3) is 0 Å². The smallest absolute Gasteiger partial charge is 0.272 e. The van der Waals surface area contributed by atoms with E-state index in [1.807, 2.05) is 0 Å². The van der Waals surface area contributed by atoms with Crippen molar-refractivity contribution >= 4 is 30.5 Å². The lowest BCUT2D eigenvalue weighted by molar-refractivity contribution is -0.385. The van der Waals surface area contributed by atoms with Gasteiger partial charge in [-0.05, 0) is 12.3 Å². The average Bonchev–Trinajstić information content (AvgIpc) is 3.32. The van der Waals surface area contributed by atoms with Gasteiger partial charge in [-0.1, -0.05) is 12.8 Å². The number of nitrogens with zero attached hydrogens (tertiary/aromatic N) is 2. The summed E-state index contributed by atoms with van der Waals surface area (Å²) in [5, 5.41) is 24.3. The Labute approximate surface area is 152 Å². The van der Waals surface area contributed by atoms with Crippen molar-refractivity contribution in [3.63, 3.8) is 0 Å². The van der Waals surface area contributed by atoms with E-state index in [4.69, 9.17) is 0 Å². The second-order valence-electron chi connectivity index (χ2n) is 6.10. The lowest BCUT2D eigenvalue weighted by Gasteiger charge is -2.35. The van der Waals surface area contributed by atoms with Crippen LogP contribution < -0.4 is 5.32 Å². The molecule has 1 heterocycles. The molecule has 2 N–H and O–H groups in total. The SMILES string of the molecule is Cl.Cl.O=[N+]([O-])c1cc(F)c(O)c([C@@H](CC2CC2)N2CCNCC2)c1. The highest BCUT2D eigenvalue weighted by Crippen LogP contribution is 2.43. The van der Waals surface area contributed by atoms with Crippen molar-refractivity contribution in [2.75, 3.05) is 26.2 Å². The second kappa shape index (κ2) is 8.80. The van der Waals surface area contributed by atoms with Crippen LogP contribution in [0.2, 0.25) is 0 Å². The van der Waals surface area contributed by atoms with Crippen LogP contribution in [0.15, 0.2) is 12.1 Å². The summed E-state index contributed by atoms with van der Waals surface area (Å²) in [6, 6.07) is 1.95. The molecule has 2 fully saturated rings. The molecule has 1 aliphatic heterocycles. The highest BCUT2D eigenvalue weighted by molar-refractivity contribution is 5.85. The summed E-state index contributed by atoms with van der Waals surface area (Å²) in [7, 11) is 0. The van der Waals surface area contributed by atoms with Crippen molar-refractivity contribution in [2.45, 2.75) is 25.3 Å². The van der Waals surface area contributed by atoms with Crippen LogP contribution in [0.1, 0.15) is 30.9 Å². The first kappa shape index (κ1) is 20.9. The lowest BCUT2D eigenvalue weighted by Crippen LogP contribution is -2.45. The van der Waals surface area contributed by atoms with Crippen molar-refractivity contribution < 1.29 is 14.4 Å². The number of nitrogens with one attached hydrogen (secondary N) is 1. The van der Waals surface area contributed by atoms with Crippen LogP contribution in [-0.2, 0) is 0 Å². The molecule has 0 aromatic heterocycles. The molecule has 24 heavy (non-hydrogen) atoms. The number of aromatic hydroxyl groups is 1. The molecule has 0 radical (unpaired) electrons. The van der Waals surface area contributed by atoms with E-state index in [9.17, 15) is 19.6 Å². The Balaban J connectivity index is 0.00000144. The third-order valence-electron chi connectivity index (χ3n) is 4.49. The van der Waals surface area contributed by atoms with Gasteiger partial charge in [-0.3, -0.25) is 15.0 Å². The molecule has 3 rings (SSSR count). The topological polar surface area (TPSA) is 78.6 Å². The van der Waals surface area contributed by atoms with E-state index >= 15 is 0 Å². The molecule has 136 valence electrons. The van der Waals surface area contributed by atoms with Gasteiger partial charge in [0.15, 0.2) is 11.6 Å². The van der Waals surface area contributed by atoms with Gasteiger partial charge >= 0.3 is 0 Å². The molecule has 1 aliphatic carbocycles. The van der Waals surface area contributed by atoms with Gasteiger partial charge in [0.1, 0.15) is 0 Å². The number of hydrogen-bond acceptors (Lipinski definition) is 5. The Bertz CT molecular complexity index is 581. The first-order chi connectivity index (χ1) is 10.6. The fourth-order valence-electron chi connectivity index (χ4n) is 3.10. The van der Waals surface area contributed by atoms with E-state index in [0.29, 0.717) is 11.5 Å². The van der Waals surface area contributed by atoms with Gasteiger partial charge in [-0.2, -0.15) is 0 Å². The molecule has 1 saturated heterocycles. The van der Waals surface area contributed by atoms with Gasteiger partial charge in [-0.25, -0.2) is 4.39 Å². The molecule has 1 saturated carbocycles. The van der Waals surface area contributed by atoms with Crippen LogP contribution in [0, 0.1) is 21.8 Å². The largest absolute Gasteiger partial charge is 0.505 e. The maximum atomic E-state index is 13.9.